The van der Waals surface area contributed by atoms with Gasteiger partial charge >= 0.3 is 139 Å². The van der Waals surface area contributed by atoms with Crippen LogP contribution in [-0.4, -0.2) is 16.4 Å². The van der Waals surface area contributed by atoms with Crippen LogP contribution in [0.5, 0.6) is 0 Å². The molecule has 23 heavy (non-hydrogen) atoms. The molecule has 2 aromatic carbocycles. The van der Waals surface area contributed by atoms with E-state index in [0.29, 0.717) is 17.2 Å². The Kier molecular flexibility index (Phi) is 6.32. The molecule has 0 bridgehead atoms. The molecule has 0 amide bonds. The second kappa shape index (κ2) is 8.03. The Balaban J connectivity index is 2.19. The van der Waals surface area contributed by atoms with E-state index in [9.17, 15) is 9.79 Å². The average molecular weight is 334 g/mol. The predicted molar refractivity (Wildman–Crippen MR) is 98.2 cm³/mol. The van der Waals surface area contributed by atoms with Gasteiger partial charge in [0.05, 0.1) is 0 Å². The van der Waals surface area contributed by atoms with Crippen molar-refractivity contribution in [1.82, 2.24) is 0 Å². The Morgan fingerprint density at radius 1 is 0.739 bits per heavy atom. The number of rotatable bonds is 9. The molecule has 4 heteroatoms. The molecular weight excluding hydrogens is 307 g/mol. The van der Waals surface area contributed by atoms with E-state index in [1.165, 1.54) is 12.8 Å². The molecule has 0 aliphatic rings. The molecule has 0 unspecified atom stereocenters. The number of hydrogen-bond acceptors (Lipinski definition) is 3. The molecule has 0 heterocycles. The van der Waals surface area contributed by atoms with Gasteiger partial charge in [0, 0.05) is 0 Å². The SMILES string of the molecule is CCCCCCCOP(O)(O)(c1ccccc1)c1ccccc1. The normalized spacial score (nSPS) is 13.4. The van der Waals surface area contributed by atoms with Gasteiger partial charge in [0.2, 0.25) is 0 Å². The predicted octanol–water partition coefficient (Wildman–Crippen LogP) is 3.91. The summed E-state index contributed by atoms with van der Waals surface area (Å²) >= 11 is 0. The summed E-state index contributed by atoms with van der Waals surface area (Å²) < 4.78 is 5.81. The molecule has 2 aromatic rings. The van der Waals surface area contributed by atoms with Crippen LogP contribution in [0.25, 0.3) is 0 Å². The van der Waals surface area contributed by atoms with E-state index >= 15 is 0 Å². The van der Waals surface area contributed by atoms with E-state index in [1.54, 1.807) is 48.5 Å². The van der Waals surface area contributed by atoms with Crippen LogP contribution in [0.4, 0.5) is 0 Å². The van der Waals surface area contributed by atoms with E-state index in [2.05, 4.69) is 6.92 Å². The van der Waals surface area contributed by atoms with Gasteiger partial charge in [-0.2, -0.15) is 0 Å². The molecule has 0 aromatic heterocycles. The van der Waals surface area contributed by atoms with Gasteiger partial charge in [-0.05, 0) is 0 Å². The van der Waals surface area contributed by atoms with Gasteiger partial charge in [-0.25, -0.2) is 0 Å². The number of benzene rings is 2. The molecule has 0 radical (unpaired) electrons. The van der Waals surface area contributed by atoms with Gasteiger partial charge in [0.1, 0.15) is 0 Å². The maximum absolute atomic E-state index is 11.3. The van der Waals surface area contributed by atoms with Crippen molar-refractivity contribution in [2.45, 2.75) is 39.0 Å². The maximum atomic E-state index is 11.3. The summed E-state index contributed by atoms with van der Waals surface area (Å²) in [4.78, 5) is 22.6. The van der Waals surface area contributed by atoms with Gasteiger partial charge in [-0.15, -0.1) is 0 Å². The molecule has 126 valence electrons. The topological polar surface area (TPSA) is 49.7 Å². The summed E-state index contributed by atoms with van der Waals surface area (Å²) in [5, 5.41) is 0.886. The van der Waals surface area contributed by atoms with Crippen molar-refractivity contribution in [3.63, 3.8) is 0 Å². The molecule has 0 atom stereocenters. The Morgan fingerprint density at radius 2 is 1.22 bits per heavy atom. The van der Waals surface area contributed by atoms with Gasteiger partial charge in [0.25, 0.3) is 0 Å². The quantitative estimate of drug-likeness (QED) is 0.540. The Bertz CT molecular complexity index is 541. The zero-order valence-corrected chi connectivity index (χ0v) is 14.7. The third-order valence-electron chi connectivity index (χ3n) is 4.03. The third-order valence-corrected chi connectivity index (χ3v) is 7.16. The first kappa shape index (κ1) is 18.1. The molecule has 3 nitrogen and oxygen atoms in total. The summed E-state index contributed by atoms with van der Waals surface area (Å²) in [6, 6.07) is 17.8. The zero-order chi connectivity index (χ0) is 16.6. The number of hydrogen-bond donors (Lipinski definition) is 2. The van der Waals surface area contributed by atoms with Crippen LogP contribution in [0.2, 0.25) is 0 Å². The van der Waals surface area contributed by atoms with Crippen molar-refractivity contribution in [2.24, 2.45) is 0 Å². The Labute approximate surface area is 139 Å². The molecule has 0 fully saturated rings. The molecule has 0 saturated heterocycles. The minimum absolute atomic E-state index is 0.346. The van der Waals surface area contributed by atoms with Crippen LogP contribution in [0.1, 0.15) is 39.0 Å². The van der Waals surface area contributed by atoms with Crippen LogP contribution >= 0.6 is 7.28 Å². The van der Waals surface area contributed by atoms with E-state index in [1.807, 2.05) is 12.1 Å². The van der Waals surface area contributed by atoms with Crippen LogP contribution in [0, 0.1) is 0 Å². The van der Waals surface area contributed by atoms with Gasteiger partial charge < -0.3 is 0 Å². The standard InChI is InChI=1S/C19H27O3P/c1-2-3-4-5-12-17-22-23(20,21,18-13-8-6-9-14-18)19-15-10-7-11-16-19/h6-11,13-16,20-21H,2-5,12,17H2,1H3. The summed E-state index contributed by atoms with van der Waals surface area (Å²) in [5.41, 5.74) is 0. The van der Waals surface area contributed by atoms with Crippen LogP contribution in [0.3, 0.4) is 0 Å². The van der Waals surface area contributed by atoms with Crippen molar-refractivity contribution in [3.8, 4) is 0 Å². The van der Waals surface area contributed by atoms with E-state index < -0.39 is 7.28 Å². The second-order valence-electron chi connectivity index (χ2n) is 5.87. The van der Waals surface area contributed by atoms with E-state index in [0.717, 1.165) is 19.3 Å². The van der Waals surface area contributed by atoms with Crippen LogP contribution in [0.15, 0.2) is 60.7 Å². The van der Waals surface area contributed by atoms with E-state index in [4.69, 9.17) is 4.52 Å². The molecule has 2 N–H and O–H groups in total. The summed E-state index contributed by atoms with van der Waals surface area (Å²) in [7, 11) is -4.56. The van der Waals surface area contributed by atoms with Crippen molar-refractivity contribution in [2.75, 3.05) is 6.61 Å². The summed E-state index contributed by atoms with van der Waals surface area (Å²) in [5.74, 6) is 0. The first-order chi connectivity index (χ1) is 11.1. The molecular formula is C19H27O3P. The van der Waals surface area contributed by atoms with Crippen LogP contribution < -0.4 is 10.6 Å². The average Bonchev–Trinajstić information content (AvgIpc) is 2.60. The van der Waals surface area contributed by atoms with Crippen molar-refractivity contribution in [3.05, 3.63) is 60.7 Å². The first-order valence-electron chi connectivity index (χ1n) is 8.35. The van der Waals surface area contributed by atoms with Crippen molar-refractivity contribution < 1.29 is 14.3 Å². The van der Waals surface area contributed by atoms with Crippen LogP contribution in [-0.2, 0) is 4.52 Å². The summed E-state index contributed by atoms with van der Waals surface area (Å²) in [6.45, 7) is 2.52. The van der Waals surface area contributed by atoms with Gasteiger partial charge in [0.15, 0.2) is 0 Å². The molecule has 0 spiro atoms. The fraction of sp³-hybridized carbons (Fsp3) is 0.368. The molecule has 0 saturated carbocycles. The summed E-state index contributed by atoms with van der Waals surface area (Å²) in [6.07, 6.45) is 5.43. The van der Waals surface area contributed by atoms with E-state index in [-0.39, 0.29) is 0 Å². The minimum atomic E-state index is -4.56. The fourth-order valence-electron chi connectivity index (χ4n) is 2.63. The van der Waals surface area contributed by atoms with Gasteiger partial charge in [-0.3, -0.25) is 0 Å². The molecule has 0 aliphatic heterocycles. The first-order valence-corrected chi connectivity index (χ1v) is 10.4. The number of unbranched alkanes of at least 4 members (excludes halogenated alkanes) is 4. The Morgan fingerprint density at radius 3 is 1.70 bits per heavy atom. The monoisotopic (exact) mass is 334 g/mol. The third kappa shape index (κ3) is 4.39. The fourth-order valence-corrected chi connectivity index (χ4v) is 5.13. The van der Waals surface area contributed by atoms with Gasteiger partial charge in [-0.1, -0.05) is 0 Å². The second-order valence-corrected chi connectivity index (χ2v) is 9.05. The van der Waals surface area contributed by atoms with Crippen molar-refractivity contribution in [1.29, 1.82) is 0 Å². The molecule has 2 rings (SSSR count). The Hall–Kier alpha value is -1.25. The molecule has 0 aliphatic carbocycles. The van der Waals surface area contributed by atoms with Crippen molar-refractivity contribution >= 4 is 17.9 Å². The zero-order valence-electron chi connectivity index (χ0n) is 13.8.